The van der Waals surface area contributed by atoms with Gasteiger partial charge in [0.2, 0.25) is 0 Å². The molecule has 0 aliphatic heterocycles. The molecule has 13 heavy (non-hydrogen) atoms. The number of aliphatic hydroxyl groups excluding tert-OH is 1. The van der Waals surface area contributed by atoms with Crippen LogP contribution >= 0.6 is 0 Å². The maximum absolute atomic E-state index is 8.86. The number of imidazole rings is 1. The molecule has 0 unspecified atom stereocenters. The zero-order valence-electron chi connectivity index (χ0n) is 8.20. The Bertz CT molecular complexity index is 289. The molecule has 1 aromatic heterocycles. The van der Waals surface area contributed by atoms with E-state index in [9.17, 15) is 0 Å². The summed E-state index contributed by atoms with van der Waals surface area (Å²) in [7, 11) is 0. The third-order valence-corrected chi connectivity index (χ3v) is 1.85. The van der Waals surface area contributed by atoms with Crippen molar-refractivity contribution >= 4 is 6.08 Å². The van der Waals surface area contributed by atoms with Gasteiger partial charge in [-0.2, -0.15) is 0 Å². The van der Waals surface area contributed by atoms with E-state index < -0.39 is 0 Å². The molecular formula is C10H16N2O. The molecule has 0 spiro atoms. The molecule has 3 heteroatoms. The van der Waals surface area contributed by atoms with E-state index in [1.54, 1.807) is 0 Å². The van der Waals surface area contributed by atoms with Crippen LogP contribution in [-0.2, 0) is 6.54 Å². The fraction of sp³-hybridized carbons (Fsp3) is 0.500. The van der Waals surface area contributed by atoms with Crippen molar-refractivity contribution in [1.29, 1.82) is 0 Å². The van der Waals surface area contributed by atoms with Crippen LogP contribution in [0.15, 0.2) is 18.1 Å². The van der Waals surface area contributed by atoms with Crippen molar-refractivity contribution in [3.05, 3.63) is 23.8 Å². The minimum absolute atomic E-state index is 0.108. The van der Waals surface area contributed by atoms with E-state index >= 15 is 0 Å². The van der Waals surface area contributed by atoms with Crippen molar-refractivity contribution in [1.82, 2.24) is 9.55 Å². The second-order valence-corrected chi connectivity index (χ2v) is 3.16. The standard InChI is InChI=1S/C10H16N2O/c1-3-4-12-8-11-6-10(12)5-9(2)7-13/h5-6,8,13H,3-4,7H2,1-2H3. The number of aromatic nitrogens is 2. The molecule has 0 saturated carbocycles. The summed E-state index contributed by atoms with van der Waals surface area (Å²) in [6, 6.07) is 0. The number of aryl methyl sites for hydroxylation is 1. The van der Waals surface area contributed by atoms with Gasteiger partial charge in [-0.1, -0.05) is 6.92 Å². The highest BCUT2D eigenvalue weighted by atomic mass is 16.3. The van der Waals surface area contributed by atoms with E-state index in [0.29, 0.717) is 0 Å². The number of hydrogen-bond donors (Lipinski definition) is 1. The van der Waals surface area contributed by atoms with Gasteiger partial charge in [0, 0.05) is 6.54 Å². The summed E-state index contributed by atoms with van der Waals surface area (Å²) in [6.07, 6.45) is 6.69. The SMILES string of the molecule is CCCn1cncc1C=C(C)CO. The number of rotatable bonds is 4. The Balaban J connectivity index is 2.81. The van der Waals surface area contributed by atoms with Crippen LogP contribution in [0.4, 0.5) is 0 Å². The summed E-state index contributed by atoms with van der Waals surface area (Å²) < 4.78 is 2.08. The Hall–Kier alpha value is -1.09. The van der Waals surface area contributed by atoms with Gasteiger partial charge < -0.3 is 9.67 Å². The molecule has 0 aliphatic carbocycles. The van der Waals surface area contributed by atoms with Gasteiger partial charge >= 0.3 is 0 Å². The molecule has 1 aromatic rings. The molecule has 1 rings (SSSR count). The third-order valence-electron chi connectivity index (χ3n) is 1.85. The largest absolute Gasteiger partial charge is 0.392 e. The summed E-state index contributed by atoms with van der Waals surface area (Å²) in [5, 5.41) is 8.86. The summed E-state index contributed by atoms with van der Waals surface area (Å²) in [6.45, 7) is 5.12. The summed E-state index contributed by atoms with van der Waals surface area (Å²) >= 11 is 0. The Morgan fingerprint density at radius 1 is 1.69 bits per heavy atom. The highest BCUT2D eigenvalue weighted by Gasteiger charge is 1.97. The van der Waals surface area contributed by atoms with Gasteiger partial charge in [-0.05, 0) is 25.0 Å². The fourth-order valence-corrected chi connectivity index (χ4v) is 1.18. The Labute approximate surface area is 78.7 Å². The lowest BCUT2D eigenvalue weighted by Gasteiger charge is -2.02. The van der Waals surface area contributed by atoms with E-state index in [1.807, 2.05) is 25.5 Å². The van der Waals surface area contributed by atoms with Crippen LogP contribution in [-0.4, -0.2) is 21.3 Å². The first-order valence-corrected chi connectivity index (χ1v) is 4.56. The van der Waals surface area contributed by atoms with Gasteiger partial charge in [0.05, 0.1) is 24.8 Å². The molecule has 0 radical (unpaired) electrons. The van der Waals surface area contributed by atoms with Crippen LogP contribution in [0.25, 0.3) is 6.08 Å². The monoisotopic (exact) mass is 180 g/mol. The minimum atomic E-state index is 0.108. The zero-order chi connectivity index (χ0) is 9.68. The normalized spacial score (nSPS) is 12.1. The van der Waals surface area contributed by atoms with Crippen molar-refractivity contribution in [2.45, 2.75) is 26.8 Å². The lowest BCUT2D eigenvalue weighted by molar-refractivity contribution is 0.332. The van der Waals surface area contributed by atoms with Gasteiger partial charge in [0.1, 0.15) is 0 Å². The molecule has 0 fully saturated rings. The smallest absolute Gasteiger partial charge is 0.0950 e. The van der Waals surface area contributed by atoms with Crippen LogP contribution in [0.3, 0.4) is 0 Å². The highest BCUT2D eigenvalue weighted by molar-refractivity contribution is 5.47. The first-order valence-electron chi connectivity index (χ1n) is 4.56. The Morgan fingerprint density at radius 3 is 3.08 bits per heavy atom. The number of hydrogen-bond acceptors (Lipinski definition) is 2. The zero-order valence-corrected chi connectivity index (χ0v) is 8.20. The lowest BCUT2D eigenvalue weighted by Crippen LogP contribution is -1.97. The molecule has 72 valence electrons. The maximum Gasteiger partial charge on any atom is 0.0950 e. The summed E-state index contributed by atoms with van der Waals surface area (Å²) in [5.74, 6) is 0. The molecular weight excluding hydrogens is 164 g/mol. The average molecular weight is 180 g/mol. The van der Waals surface area contributed by atoms with E-state index in [2.05, 4.69) is 16.5 Å². The molecule has 0 amide bonds. The molecule has 3 nitrogen and oxygen atoms in total. The Morgan fingerprint density at radius 2 is 2.46 bits per heavy atom. The van der Waals surface area contributed by atoms with Crippen LogP contribution in [0.1, 0.15) is 26.0 Å². The van der Waals surface area contributed by atoms with Crippen LogP contribution in [0.2, 0.25) is 0 Å². The number of aliphatic hydroxyl groups is 1. The molecule has 0 aromatic carbocycles. The molecule has 1 heterocycles. The fourth-order valence-electron chi connectivity index (χ4n) is 1.18. The van der Waals surface area contributed by atoms with E-state index in [-0.39, 0.29) is 6.61 Å². The van der Waals surface area contributed by atoms with Crippen LogP contribution in [0, 0.1) is 0 Å². The van der Waals surface area contributed by atoms with Gasteiger partial charge in [-0.3, -0.25) is 0 Å². The first-order chi connectivity index (χ1) is 6.27. The summed E-state index contributed by atoms with van der Waals surface area (Å²) in [4.78, 5) is 4.06. The summed E-state index contributed by atoms with van der Waals surface area (Å²) in [5.41, 5.74) is 2.02. The second kappa shape index (κ2) is 4.82. The van der Waals surface area contributed by atoms with Crippen LogP contribution in [0.5, 0.6) is 0 Å². The molecule has 1 N–H and O–H groups in total. The predicted octanol–water partition coefficient (Wildman–Crippen LogP) is 1.69. The predicted molar refractivity (Wildman–Crippen MR) is 53.3 cm³/mol. The molecule has 0 aliphatic rings. The second-order valence-electron chi connectivity index (χ2n) is 3.16. The van der Waals surface area contributed by atoms with E-state index in [4.69, 9.17) is 5.11 Å². The van der Waals surface area contributed by atoms with E-state index in [0.717, 1.165) is 24.2 Å². The van der Waals surface area contributed by atoms with Crippen molar-refractivity contribution in [2.75, 3.05) is 6.61 Å². The topological polar surface area (TPSA) is 38.0 Å². The molecule has 0 bridgehead atoms. The van der Waals surface area contributed by atoms with Crippen molar-refractivity contribution < 1.29 is 5.11 Å². The minimum Gasteiger partial charge on any atom is -0.392 e. The van der Waals surface area contributed by atoms with Gasteiger partial charge in [-0.25, -0.2) is 4.98 Å². The van der Waals surface area contributed by atoms with E-state index in [1.165, 1.54) is 0 Å². The van der Waals surface area contributed by atoms with Crippen molar-refractivity contribution in [2.24, 2.45) is 0 Å². The molecule has 0 atom stereocenters. The quantitative estimate of drug-likeness (QED) is 0.765. The molecule has 0 saturated heterocycles. The van der Waals surface area contributed by atoms with Crippen LogP contribution < -0.4 is 0 Å². The van der Waals surface area contributed by atoms with Gasteiger partial charge in [0.25, 0.3) is 0 Å². The lowest BCUT2D eigenvalue weighted by atomic mass is 10.2. The van der Waals surface area contributed by atoms with Crippen molar-refractivity contribution in [3.8, 4) is 0 Å². The van der Waals surface area contributed by atoms with Crippen molar-refractivity contribution in [3.63, 3.8) is 0 Å². The third kappa shape index (κ3) is 2.70. The Kier molecular flexibility index (Phi) is 3.71. The maximum atomic E-state index is 8.86. The van der Waals surface area contributed by atoms with Gasteiger partial charge in [0.15, 0.2) is 0 Å². The number of nitrogens with zero attached hydrogens (tertiary/aromatic N) is 2. The highest BCUT2D eigenvalue weighted by Crippen LogP contribution is 2.06. The first kappa shape index (κ1) is 9.99. The van der Waals surface area contributed by atoms with Gasteiger partial charge in [-0.15, -0.1) is 0 Å². The average Bonchev–Trinajstić information content (AvgIpc) is 2.54.